The summed E-state index contributed by atoms with van der Waals surface area (Å²) in [6, 6.07) is 42.2. The summed E-state index contributed by atoms with van der Waals surface area (Å²) in [6.45, 7) is 2.26. The second-order valence-electron chi connectivity index (χ2n) is 8.48. The fourth-order valence-electron chi connectivity index (χ4n) is 5.00. The predicted octanol–water partition coefficient (Wildman–Crippen LogP) is 9.04. The van der Waals surface area contributed by atoms with Crippen LogP contribution in [-0.2, 0) is 6.42 Å². The van der Waals surface area contributed by atoms with Crippen LogP contribution in [-0.4, -0.2) is 0 Å². The van der Waals surface area contributed by atoms with E-state index in [-0.39, 0.29) is 0 Å². The Morgan fingerprint density at radius 1 is 0.438 bits per heavy atom. The van der Waals surface area contributed by atoms with Gasteiger partial charge in [0, 0.05) is 0 Å². The van der Waals surface area contributed by atoms with E-state index in [1.54, 1.807) is 0 Å². The average Bonchev–Trinajstić information content (AvgIpc) is 2.87. The first-order valence-electron chi connectivity index (χ1n) is 11.3. The van der Waals surface area contributed by atoms with Crippen molar-refractivity contribution < 1.29 is 0 Å². The zero-order valence-corrected chi connectivity index (χ0v) is 18.2. The highest BCUT2D eigenvalue weighted by Crippen LogP contribution is 2.36. The van der Waals surface area contributed by atoms with E-state index < -0.39 is 0 Å². The number of hydrogen-bond donors (Lipinski definition) is 0. The molecule has 0 aliphatic rings. The standard InChI is InChI=1S/C32H24/c1-2-22-19-27(31-16-8-12-24-10-4-6-14-29(24)31)20-25-17-18-26(21-32(22)25)30-15-7-11-23-9-3-5-13-28(23)30/h3-21H,2H2,1H3. The van der Waals surface area contributed by atoms with Crippen LogP contribution in [0.5, 0.6) is 0 Å². The molecule has 0 radical (unpaired) electrons. The second-order valence-corrected chi connectivity index (χ2v) is 8.48. The van der Waals surface area contributed by atoms with Gasteiger partial charge in [0.2, 0.25) is 0 Å². The number of rotatable bonds is 3. The Bertz CT molecular complexity index is 1590. The summed E-state index contributed by atoms with van der Waals surface area (Å²) in [7, 11) is 0. The first-order valence-corrected chi connectivity index (χ1v) is 11.3. The molecule has 32 heavy (non-hydrogen) atoms. The van der Waals surface area contributed by atoms with Crippen LogP contribution in [0.25, 0.3) is 54.6 Å². The molecule has 0 fully saturated rings. The van der Waals surface area contributed by atoms with E-state index in [1.807, 2.05) is 0 Å². The van der Waals surface area contributed by atoms with E-state index in [2.05, 4.69) is 122 Å². The van der Waals surface area contributed by atoms with Crippen molar-refractivity contribution in [2.75, 3.05) is 0 Å². The topological polar surface area (TPSA) is 0 Å². The molecule has 0 aliphatic carbocycles. The Morgan fingerprint density at radius 3 is 1.69 bits per heavy atom. The van der Waals surface area contributed by atoms with Crippen LogP contribution < -0.4 is 0 Å². The van der Waals surface area contributed by atoms with Crippen LogP contribution >= 0.6 is 0 Å². The average molecular weight is 409 g/mol. The molecule has 0 unspecified atom stereocenters. The van der Waals surface area contributed by atoms with Crippen molar-refractivity contribution in [3.05, 3.63) is 121 Å². The van der Waals surface area contributed by atoms with Crippen LogP contribution in [0.2, 0.25) is 0 Å². The molecule has 6 aromatic carbocycles. The maximum atomic E-state index is 2.39. The smallest absolute Gasteiger partial charge is 0.0105 e. The fourth-order valence-corrected chi connectivity index (χ4v) is 5.00. The van der Waals surface area contributed by atoms with Gasteiger partial charge in [-0.05, 0) is 78.7 Å². The summed E-state index contributed by atoms with van der Waals surface area (Å²) in [5, 5.41) is 7.84. The summed E-state index contributed by atoms with van der Waals surface area (Å²) in [5.41, 5.74) is 6.57. The zero-order chi connectivity index (χ0) is 21.5. The van der Waals surface area contributed by atoms with Crippen LogP contribution in [0.3, 0.4) is 0 Å². The first kappa shape index (κ1) is 18.8. The maximum Gasteiger partial charge on any atom is -0.0105 e. The van der Waals surface area contributed by atoms with Crippen LogP contribution in [0.4, 0.5) is 0 Å². The molecular formula is C32H24. The van der Waals surface area contributed by atoms with Gasteiger partial charge in [0.05, 0.1) is 0 Å². The Morgan fingerprint density at radius 2 is 1.03 bits per heavy atom. The highest BCUT2D eigenvalue weighted by molar-refractivity contribution is 6.02. The van der Waals surface area contributed by atoms with Crippen molar-refractivity contribution in [1.29, 1.82) is 0 Å². The van der Waals surface area contributed by atoms with Crippen LogP contribution in [0, 0.1) is 0 Å². The minimum Gasteiger partial charge on any atom is -0.0616 e. The van der Waals surface area contributed by atoms with Gasteiger partial charge in [-0.15, -0.1) is 0 Å². The molecule has 0 saturated heterocycles. The molecule has 0 spiro atoms. The number of fused-ring (bicyclic) bond motifs is 3. The summed E-state index contributed by atoms with van der Waals surface area (Å²) in [4.78, 5) is 0. The van der Waals surface area contributed by atoms with E-state index in [1.165, 1.54) is 60.1 Å². The van der Waals surface area contributed by atoms with Crippen molar-refractivity contribution in [3.8, 4) is 22.3 Å². The molecule has 6 aromatic rings. The predicted molar refractivity (Wildman–Crippen MR) is 139 cm³/mol. The third kappa shape index (κ3) is 3.08. The van der Waals surface area contributed by atoms with Crippen molar-refractivity contribution in [3.63, 3.8) is 0 Å². The molecule has 0 aromatic heterocycles. The van der Waals surface area contributed by atoms with Gasteiger partial charge in [0.15, 0.2) is 0 Å². The second kappa shape index (κ2) is 7.66. The Labute approximate surface area is 188 Å². The molecule has 0 aliphatic heterocycles. The molecule has 6 rings (SSSR count). The number of benzene rings is 6. The van der Waals surface area contributed by atoms with Gasteiger partial charge >= 0.3 is 0 Å². The van der Waals surface area contributed by atoms with Gasteiger partial charge in [-0.2, -0.15) is 0 Å². The van der Waals surface area contributed by atoms with Gasteiger partial charge in [0.1, 0.15) is 0 Å². The molecule has 0 heterocycles. The van der Waals surface area contributed by atoms with Crippen molar-refractivity contribution >= 4 is 32.3 Å². The summed E-state index contributed by atoms with van der Waals surface area (Å²) in [5.74, 6) is 0. The normalized spacial score (nSPS) is 11.4. The molecule has 0 N–H and O–H groups in total. The lowest BCUT2D eigenvalue weighted by Crippen LogP contribution is -1.90. The minimum absolute atomic E-state index is 1.01. The summed E-state index contributed by atoms with van der Waals surface area (Å²) >= 11 is 0. The van der Waals surface area contributed by atoms with E-state index in [4.69, 9.17) is 0 Å². The van der Waals surface area contributed by atoms with Crippen LogP contribution in [0.1, 0.15) is 12.5 Å². The molecule has 0 bridgehead atoms. The molecule has 0 saturated carbocycles. The number of aryl methyl sites for hydroxylation is 1. The van der Waals surface area contributed by atoms with Crippen molar-refractivity contribution in [2.24, 2.45) is 0 Å². The maximum absolute atomic E-state index is 2.39. The molecule has 152 valence electrons. The molecule has 0 atom stereocenters. The SMILES string of the molecule is CCc1cc(-c2cccc3ccccc23)cc2ccc(-c3cccc4ccccc34)cc12. The van der Waals surface area contributed by atoms with Crippen molar-refractivity contribution in [1.82, 2.24) is 0 Å². The molecule has 0 nitrogen and oxygen atoms in total. The van der Waals surface area contributed by atoms with Gasteiger partial charge in [-0.25, -0.2) is 0 Å². The van der Waals surface area contributed by atoms with Gasteiger partial charge in [-0.1, -0.05) is 110 Å². The van der Waals surface area contributed by atoms with E-state index in [0.29, 0.717) is 0 Å². The van der Waals surface area contributed by atoms with Crippen molar-refractivity contribution in [2.45, 2.75) is 13.3 Å². The third-order valence-corrected chi connectivity index (χ3v) is 6.62. The Balaban J connectivity index is 1.56. The Kier molecular flexibility index (Phi) is 4.51. The van der Waals surface area contributed by atoms with Crippen LogP contribution in [0.15, 0.2) is 115 Å². The van der Waals surface area contributed by atoms with E-state index >= 15 is 0 Å². The van der Waals surface area contributed by atoms with Gasteiger partial charge < -0.3 is 0 Å². The first-order chi connectivity index (χ1) is 15.8. The highest BCUT2D eigenvalue weighted by atomic mass is 14.1. The lowest BCUT2D eigenvalue weighted by atomic mass is 9.90. The lowest BCUT2D eigenvalue weighted by molar-refractivity contribution is 1.16. The Hall–Kier alpha value is -3.90. The number of hydrogen-bond acceptors (Lipinski definition) is 0. The highest BCUT2D eigenvalue weighted by Gasteiger charge is 2.10. The van der Waals surface area contributed by atoms with E-state index in [9.17, 15) is 0 Å². The van der Waals surface area contributed by atoms with Gasteiger partial charge in [-0.3, -0.25) is 0 Å². The van der Waals surface area contributed by atoms with E-state index in [0.717, 1.165) is 6.42 Å². The minimum atomic E-state index is 1.01. The summed E-state index contributed by atoms with van der Waals surface area (Å²) in [6.07, 6.45) is 1.01. The molecule has 0 heteroatoms. The summed E-state index contributed by atoms with van der Waals surface area (Å²) < 4.78 is 0. The molecular weight excluding hydrogens is 384 g/mol. The largest absolute Gasteiger partial charge is 0.0616 e. The third-order valence-electron chi connectivity index (χ3n) is 6.62. The molecule has 0 amide bonds. The quantitative estimate of drug-likeness (QED) is 0.274. The fraction of sp³-hybridized carbons (Fsp3) is 0.0625. The monoisotopic (exact) mass is 408 g/mol. The van der Waals surface area contributed by atoms with Gasteiger partial charge in [0.25, 0.3) is 0 Å². The lowest BCUT2D eigenvalue weighted by Gasteiger charge is -2.14. The zero-order valence-electron chi connectivity index (χ0n) is 18.2.